The van der Waals surface area contributed by atoms with Crippen LogP contribution in [-0.4, -0.2) is 30.9 Å². The second-order valence-electron chi connectivity index (χ2n) is 3.95. The zero-order valence-electron chi connectivity index (χ0n) is 11.3. The average molecular weight is 280 g/mol. The number of nitrogens with zero attached hydrogens (tertiary/aromatic N) is 1. The molecule has 0 aliphatic carbocycles. The van der Waals surface area contributed by atoms with Crippen LogP contribution in [-0.2, 0) is 0 Å². The molecule has 0 saturated carbocycles. The molecule has 0 aliphatic rings. The lowest BCUT2D eigenvalue weighted by Gasteiger charge is -2.15. The van der Waals surface area contributed by atoms with Crippen LogP contribution in [0.15, 0.2) is 18.3 Å². The van der Waals surface area contributed by atoms with Crippen molar-refractivity contribution in [2.75, 3.05) is 21.3 Å². The summed E-state index contributed by atoms with van der Waals surface area (Å²) in [6.07, 6.45) is 1.85. The zero-order chi connectivity index (χ0) is 14.0. The minimum atomic E-state index is 0.563. The van der Waals surface area contributed by atoms with Gasteiger partial charge < -0.3 is 19.2 Å². The van der Waals surface area contributed by atoms with Crippen molar-refractivity contribution in [2.45, 2.75) is 6.92 Å². The first-order chi connectivity index (χ1) is 9.12. The Hall–Kier alpha value is -1.95. The Balaban J connectivity index is 2.69. The van der Waals surface area contributed by atoms with Gasteiger partial charge in [-0.3, -0.25) is 4.57 Å². The van der Waals surface area contributed by atoms with Gasteiger partial charge in [0.25, 0.3) is 0 Å². The Kier molecular flexibility index (Phi) is 3.80. The van der Waals surface area contributed by atoms with Crippen molar-refractivity contribution in [1.29, 1.82) is 0 Å². The van der Waals surface area contributed by atoms with Crippen LogP contribution in [0.1, 0.15) is 5.69 Å². The number of rotatable bonds is 4. The molecule has 2 rings (SSSR count). The fourth-order valence-electron chi connectivity index (χ4n) is 1.97. The molecule has 0 saturated heterocycles. The summed E-state index contributed by atoms with van der Waals surface area (Å²) in [5.74, 6) is 1.76. The van der Waals surface area contributed by atoms with Crippen LogP contribution in [0.25, 0.3) is 5.69 Å². The molecule has 0 fully saturated rings. The Bertz CT molecular complexity index is 621. The molecule has 0 aliphatic heterocycles. The summed E-state index contributed by atoms with van der Waals surface area (Å²) in [5.41, 5.74) is 1.86. The van der Waals surface area contributed by atoms with Crippen LogP contribution in [0.5, 0.6) is 17.2 Å². The number of hydrogen-bond donors (Lipinski definition) is 1. The molecule has 19 heavy (non-hydrogen) atoms. The highest BCUT2D eigenvalue weighted by atomic mass is 32.1. The number of imidazole rings is 1. The smallest absolute Gasteiger partial charge is 0.203 e. The standard InChI is InChI=1S/C13H16N2O3S/c1-8-7-14-13(19)15(8)9-5-10(16-2)12(18-4)11(6-9)17-3/h5-7H,1-4H3,(H,14,19). The molecule has 1 aromatic heterocycles. The van der Waals surface area contributed by atoms with E-state index in [-0.39, 0.29) is 0 Å². The van der Waals surface area contributed by atoms with E-state index in [9.17, 15) is 0 Å². The van der Waals surface area contributed by atoms with Crippen LogP contribution in [0.3, 0.4) is 0 Å². The maximum Gasteiger partial charge on any atom is 0.203 e. The lowest BCUT2D eigenvalue weighted by atomic mass is 10.2. The van der Waals surface area contributed by atoms with Crippen LogP contribution in [0, 0.1) is 11.7 Å². The van der Waals surface area contributed by atoms with E-state index < -0.39 is 0 Å². The third kappa shape index (κ3) is 2.31. The highest BCUT2D eigenvalue weighted by Crippen LogP contribution is 2.39. The van der Waals surface area contributed by atoms with E-state index in [1.165, 1.54) is 0 Å². The Morgan fingerprint density at radius 1 is 1.05 bits per heavy atom. The Morgan fingerprint density at radius 2 is 1.63 bits per heavy atom. The molecule has 0 spiro atoms. The SMILES string of the molecule is COc1cc(-n2c(C)c[nH]c2=S)cc(OC)c1OC. The average Bonchev–Trinajstić information content (AvgIpc) is 2.76. The van der Waals surface area contributed by atoms with Crippen LogP contribution < -0.4 is 14.2 Å². The first-order valence-corrected chi connectivity index (χ1v) is 6.10. The number of benzene rings is 1. The van der Waals surface area contributed by atoms with Gasteiger partial charge in [0.15, 0.2) is 16.3 Å². The van der Waals surface area contributed by atoms with E-state index in [2.05, 4.69) is 4.98 Å². The summed E-state index contributed by atoms with van der Waals surface area (Å²) in [6, 6.07) is 3.72. The Labute approximate surface area is 116 Å². The normalized spacial score (nSPS) is 10.3. The fraction of sp³-hybridized carbons (Fsp3) is 0.308. The number of hydrogen-bond acceptors (Lipinski definition) is 4. The molecule has 0 atom stereocenters. The minimum absolute atomic E-state index is 0.563. The Morgan fingerprint density at radius 3 is 2.00 bits per heavy atom. The van der Waals surface area contributed by atoms with Gasteiger partial charge in [-0.25, -0.2) is 0 Å². The van der Waals surface area contributed by atoms with Gasteiger partial charge >= 0.3 is 0 Å². The zero-order valence-corrected chi connectivity index (χ0v) is 12.1. The molecule has 1 heterocycles. The van der Waals surface area contributed by atoms with Crippen molar-refractivity contribution in [2.24, 2.45) is 0 Å². The van der Waals surface area contributed by atoms with Crippen LogP contribution in [0.4, 0.5) is 0 Å². The summed E-state index contributed by atoms with van der Waals surface area (Å²) < 4.78 is 18.5. The van der Waals surface area contributed by atoms with Crippen molar-refractivity contribution < 1.29 is 14.2 Å². The fourth-order valence-corrected chi connectivity index (χ4v) is 2.28. The number of nitrogens with one attached hydrogen (secondary N) is 1. The first-order valence-electron chi connectivity index (χ1n) is 5.69. The summed E-state index contributed by atoms with van der Waals surface area (Å²) in [4.78, 5) is 3.00. The molecule has 0 bridgehead atoms. The highest BCUT2D eigenvalue weighted by molar-refractivity contribution is 7.71. The lowest BCUT2D eigenvalue weighted by molar-refractivity contribution is 0.324. The van der Waals surface area contributed by atoms with Crippen molar-refractivity contribution in [3.05, 3.63) is 28.8 Å². The predicted molar refractivity (Wildman–Crippen MR) is 75.3 cm³/mol. The molecular weight excluding hydrogens is 264 g/mol. The van der Waals surface area contributed by atoms with Crippen LogP contribution in [0.2, 0.25) is 0 Å². The van der Waals surface area contributed by atoms with E-state index in [0.29, 0.717) is 22.0 Å². The molecule has 5 nitrogen and oxygen atoms in total. The van der Waals surface area contributed by atoms with E-state index in [1.807, 2.05) is 29.8 Å². The molecule has 1 aromatic carbocycles. The number of ether oxygens (including phenoxy) is 3. The number of methoxy groups -OCH3 is 3. The van der Waals surface area contributed by atoms with E-state index in [0.717, 1.165) is 11.4 Å². The first kappa shape index (κ1) is 13.5. The van der Waals surface area contributed by atoms with Crippen molar-refractivity contribution in [1.82, 2.24) is 9.55 Å². The number of aryl methyl sites for hydroxylation is 1. The molecule has 0 amide bonds. The van der Waals surface area contributed by atoms with Gasteiger partial charge in [-0.15, -0.1) is 0 Å². The van der Waals surface area contributed by atoms with Crippen molar-refractivity contribution in [3.63, 3.8) is 0 Å². The van der Waals surface area contributed by atoms with E-state index in [1.54, 1.807) is 21.3 Å². The van der Waals surface area contributed by atoms with Gasteiger partial charge in [-0.1, -0.05) is 0 Å². The van der Waals surface area contributed by atoms with Crippen molar-refractivity contribution >= 4 is 12.2 Å². The molecular formula is C13H16N2O3S. The number of aromatic amines is 1. The molecule has 6 heteroatoms. The minimum Gasteiger partial charge on any atom is -0.493 e. The monoisotopic (exact) mass is 280 g/mol. The molecule has 0 unspecified atom stereocenters. The van der Waals surface area contributed by atoms with E-state index in [4.69, 9.17) is 26.4 Å². The third-order valence-electron chi connectivity index (χ3n) is 2.87. The van der Waals surface area contributed by atoms with Crippen molar-refractivity contribution in [3.8, 4) is 22.9 Å². The van der Waals surface area contributed by atoms with Gasteiger partial charge in [0, 0.05) is 24.0 Å². The maximum absolute atomic E-state index is 5.33. The maximum atomic E-state index is 5.33. The quantitative estimate of drug-likeness (QED) is 0.875. The van der Waals surface area contributed by atoms with Gasteiger partial charge in [0.2, 0.25) is 5.75 Å². The van der Waals surface area contributed by atoms with Gasteiger partial charge in [0.05, 0.1) is 27.0 Å². The third-order valence-corrected chi connectivity index (χ3v) is 3.17. The van der Waals surface area contributed by atoms with E-state index >= 15 is 0 Å². The molecule has 102 valence electrons. The lowest BCUT2D eigenvalue weighted by Crippen LogP contribution is -2.01. The van der Waals surface area contributed by atoms with Gasteiger partial charge in [-0.05, 0) is 19.1 Å². The predicted octanol–water partition coefficient (Wildman–Crippen LogP) is 2.87. The molecule has 2 aromatic rings. The summed E-state index contributed by atoms with van der Waals surface area (Å²) in [7, 11) is 4.75. The largest absolute Gasteiger partial charge is 0.493 e. The van der Waals surface area contributed by atoms with Gasteiger partial charge in [-0.2, -0.15) is 0 Å². The van der Waals surface area contributed by atoms with Crippen LogP contribution >= 0.6 is 12.2 Å². The topological polar surface area (TPSA) is 48.4 Å². The summed E-state index contributed by atoms with van der Waals surface area (Å²) in [5, 5.41) is 0. The molecule has 1 N–H and O–H groups in total. The summed E-state index contributed by atoms with van der Waals surface area (Å²) in [6.45, 7) is 1.97. The molecule has 0 radical (unpaired) electrons. The second kappa shape index (κ2) is 5.36. The number of aromatic nitrogens is 2. The summed E-state index contributed by atoms with van der Waals surface area (Å²) >= 11 is 5.27. The van der Waals surface area contributed by atoms with Gasteiger partial charge in [0.1, 0.15) is 0 Å². The second-order valence-corrected chi connectivity index (χ2v) is 4.34. The highest BCUT2D eigenvalue weighted by Gasteiger charge is 2.15. The number of H-pyrrole nitrogens is 1.